The van der Waals surface area contributed by atoms with Gasteiger partial charge in [0.1, 0.15) is 12.4 Å². The number of hydrogen-bond acceptors (Lipinski definition) is 7. The van der Waals surface area contributed by atoms with Crippen LogP contribution >= 0.6 is 0 Å². The van der Waals surface area contributed by atoms with Gasteiger partial charge in [0, 0.05) is 18.7 Å². The van der Waals surface area contributed by atoms with Crippen molar-refractivity contribution < 1.29 is 18.4 Å². The summed E-state index contributed by atoms with van der Waals surface area (Å²) in [6.45, 7) is 0.129. The summed E-state index contributed by atoms with van der Waals surface area (Å²) in [6, 6.07) is 9.87. The maximum atomic E-state index is 13.0. The first-order valence-electron chi connectivity index (χ1n) is 8.96. The van der Waals surface area contributed by atoms with Gasteiger partial charge in [-0.15, -0.1) is 0 Å². The Morgan fingerprint density at radius 1 is 1.20 bits per heavy atom. The van der Waals surface area contributed by atoms with Gasteiger partial charge in [0.15, 0.2) is 0 Å². The molecular formula is C20H17FN6O3. The first kappa shape index (κ1) is 19.2. The Balaban J connectivity index is 1.53. The van der Waals surface area contributed by atoms with Crippen molar-refractivity contribution in [2.45, 2.75) is 13.0 Å². The SMILES string of the molecule is Cn1ncc(-c2nc(-c3ccc(CC(N)=O)cc3)no2)c1COc1ccc(F)cn1. The molecule has 3 heterocycles. The van der Waals surface area contributed by atoms with E-state index in [1.165, 1.54) is 12.1 Å². The molecule has 0 aliphatic carbocycles. The van der Waals surface area contributed by atoms with E-state index in [0.29, 0.717) is 17.1 Å². The van der Waals surface area contributed by atoms with E-state index in [2.05, 4.69) is 20.2 Å². The fourth-order valence-corrected chi connectivity index (χ4v) is 2.83. The maximum absolute atomic E-state index is 13.0. The molecule has 0 aliphatic rings. The summed E-state index contributed by atoms with van der Waals surface area (Å²) in [5.41, 5.74) is 8.04. The zero-order chi connectivity index (χ0) is 21.1. The van der Waals surface area contributed by atoms with Gasteiger partial charge in [0.2, 0.25) is 17.6 Å². The number of nitrogens with zero attached hydrogens (tertiary/aromatic N) is 5. The van der Waals surface area contributed by atoms with Crippen LogP contribution in [0.15, 0.2) is 53.3 Å². The van der Waals surface area contributed by atoms with Crippen molar-refractivity contribution >= 4 is 5.91 Å². The van der Waals surface area contributed by atoms with Gasteiger partial charge in [-0.3, -0.25) is 9.48 Å². The number of primary amides is 1. The third-order valence-electron chi connectivity index (χ3n) is 4.37. The van der Waals surface area contributed by atoms with Crippen molar-refractivity contribution in [3.63, 3.8) is 0 Å². The molecule has 3 aromatic heterocycles. The number of halogens is 1. The van der Waals surface area contributed by atoms with Crippen LogP contribution in [-0.4, -0.2) is 30.8 Å². The Kier molecular flexibility index (Phi) is 5.21. The van der Waals surface area contributed by atoms with E-state index < -0.39 is 11.7 Å². The predicted molar refractivity (Wildman–Crippen MR) is 103 cm³/mol. The molecule has 10 heteroatoms. The van der Waals surface area contributed by atoms with Gasteiger partial charge in [0.05, 0.1) is 30.1 Å². The second kappa shape index (κ2) is 8.11. The minimum Gasteiger partial charge on any atom is -0.471 e. The summed E-state index contributed by atoms with van der Waals surface area (Å²) in [5, 5.41) is 8.25. The van der Waals surface area contributed by atoms with E-state index in [1.807, 2.05) is 0 Å². The van der Waals surface area contributed by atoms with Crippen LogP contribution in [0.25, 0.3) is 22.8 Å². The number of carbonyl (C=O) groups excluding carboxylic acids is 1. The summed E-state index contributed by atoms with van der Waals surface area (Å²) in [7, 11) is 1.76. The molecule has 0 saturated carbocycles. The van der Waals surface area contributed by atoms with E-state index in [1.54, 1.807) is 42.2 Å². The van der Waals surface area contributed by atoms with Gasteiger partial charge in [-0.05, 0) is 11.6 Å². The van der Waals surface area contributed by atoms with Crippen molar-refractivity contribution in [2.75, 3.05) is 0 Å². The number of ether oxygens (including phenoxy) is 1. The molecule has 4 rings (SSSR count). The van der Waals surface area contributed by atoms with E-state index >= 15 is 0 Å². The fourth-order valence-electron chi connectivity index (χ4n) is 2.83. The topological polar surface area (TPSA) is 122 Å². The lowest BCUT2D eigenvalue weighted by atomic mass is 10.1. The summed E-state index contributed by atoms with van der Waals surface area (Å²) in [5.74, 6) is 0.124. The third kappa shape index (κ3) is 4.17. The Bertz CT molecular complexity index is 1170. The lowest BCUT2D eigenvalue weighted by Crippen LogP contribution is -2.13. The van der Waals surface area contributed by atoms with Crippen LogP contribution in [-0.2, 0) is 24.9 Å². The molecule has 0 unspecified atom stereocenters. The summed E-state index contributed by atoms with van der Waals surface area (Å²) >= 11 is 0. The Labute approximate surface area is 170 Å². The normalized spacial score (nSPS) is 10.9. The number of aromatic nitrogens is 5. The van der Waals surface area contributed by atoms with Crippen LogP contribution in [0.3, 0.4) is 0 Å². The van der Waals surface area contributed by atoms with Crippen LogP contribution in [0, 0.1) is 5.82 Å². The molecular weight excluding hydrogens is 391 g/mol. The molecule has 0 bridgehead atoms. The van der Waals surface area contributed by atoms with Crippen molar-refractivity contribution in [1.29, 1.82) is 0 Å². The zero-order valence-electron chi connectivity index (χ0n) is 15.9. The van der Waals surface area contributed by atoms with Crippen LogP contribution in [0.1, 0.15) is 11.3 Å². The average molecular weight is 408 g/mol. The number of hydrogen-bond donors (Lipinski definition) is 1. The van der Waals surface area contributed by atoms with Gasteiger partial charge in [0.25, 0.3) is 5.89 Å². The molecule has 0 atom stereocenters. The molecule has 152 valence electrons. The van der Waals surface area contributed by atoms with Crippen LogP contribution in [0.4, 0.5) is 4.39 Å². The van der Waals surface area contributed by atoms with Crippen LogP contribution in [0.2, 0.25) is 0 Å². The van der Waals surface area contributed by atoms with Gasteiger partial charge in [-0.1, -0.05) is 29.4 Å². The molecule has 9 nitrogen and oxygen atoms in total. The zero-order valence-corrected chi connectivity index (χ0v) is 15.9. The molecule has 4 aromatic rings. The number of aryl methyl sites for hydroxylation is 1. The van der Waals surface area contributed by atoms with Gasteiger partial charge >= 0.3 is 0 Å². The van der Waals surface area contributed by atoms with E-state index in [-0.39, 0.29) is 24.8 Å². The first-order chi connectivity index (χ1) is 14.5. The van der Waals surface area contributed by atoms with E-state index in [0.717, 1.165) is 17.3 Å². The quantitative estimate of drug-likeness (QED) is 0.498. The highest BCUT2D eigenvalue weighted by molar-refractivity contribution is 5.76. The smallest absolute Gasteiger partial charge is 0.261 e. The fraction of sp³-hybridized carbons (Fsp3) is 0.150. The lowest BCUT2D eigenvalue weighted by Gasteiger charge is -2.06. The highest BCUT2D eigenvalue weighted by atomic mass is 19.1. The largest absolute Gasteiger partial charge is 0.471 e. The number of nitrogens with two attached hydrogens (primary N) is 1. The van der Waals surface area contributed by atoms with Gasteiger partial charge in [-0.25, -0.2) is 9.37 Å². The number of benzene rings is 1. The molecule has 0 fully saturated rings. The van der Waals surface area contributed by atoms with E-state index in [9.17, 15) is 9.18 Å². The maximum Gasteiger partial charge on any atom is 0.261 e. The predicted octanol–water partition coefficient (Wildman–Crippen LogP) is 2.28. The molecule has 1 aromatic carbocycles. The minimum atomic E-state index is -0.440. The molecule has 0 saturated heterocycles. The number of carbonyl (C=O) groups is 1. The highest BCUT2D eigenvalue weighted by Crippen LogP contribution is 2.26. The molecule has 1 amide bonds. The first-order valence-corrected chi connectivity index (χ1v) is 8.96. The second-order valence-electron chi connectivity index (χ2n) is 6.50. The summed E-state index contributed by atoms with van der Waals surface area (Å²) in [6.07, 6.45) is 2.85. The number of pyridine rings is 1. The summed E-state index contributed by atoms with van der Waals surface area (Å²) in [4.78, 5) is 19.3. The van der Waals surface area contributed by atoms with Crippen LogP contribution in [0.5, 0.6) is 5.88 Å². The minimum absolute atomic E-state index is 0.129. The lowest BCUT2D eigenvalue weighted by molar-refractivity contribution is -0.117. The highest BCUT2D eigenvalue weighted by Gasteiger charge is 2.18. The van der Waals surface area contributed by atoms with Crippen molar-refractivity contribution in [3.05, 3.63) is 65.9 Å². The molecule has 0 spiro atoms. The van der Waals surface area contributed by atoms with Crippen molar-refractivity contribution in [3.8, 4) is 28.7 Å². The molecule has 0 radical (unpaired) electrons. The Morgan fingerprint density at radius 2 is 2.00 bits per heavy atom. The Hall–Kier alpha value is -4.08. The number of rotatable bonds is 7. The van der Waals surface area contributed by atoms with Crippen molar-refractivity contribution in [2.24, 2.45) is 12.8 Å². The van der Waals surface area contributed by atoms with Gasteiger partial charge < -0.3 is 15.0 Å². The van der Waals surface area contributed by atoms with E-state index in [4.69, 9.17) is 15.0 Å². The monoisotopic (exact) mass is 408 g/mol. The average Bonchev–Trinajstić information content (AvgIpc) is 3.35. The Morgan fingerprint density at radius 3 is 2.70 bits per heavy atom. The van der Waals surface area contributed by atoms with Gasteiger partial charge in [-0.2, -0.15) is 10.1 Å². The molecule has 30 heavy (non-hydrogen) atoms. The second-order valence-corrected chi connectivity index (χ2v) is 6.50. The molecule has 2 N–H and O–H groups in total. The van der Waals surface area contributed by atoms with Crippen molar-refractivity contribution in [1.82, 2.24) is 24.9 Å². The summed E-state index contributed by atoms with van der Waals surface area (Å²) < 4.78 is 25.6. The number of amides is 1. The molecule has 0 aliphatic heterocycles. The standard InChI is InChI=1S/C20H17FN6O3/c1-27-16(11-29-18-7-6-14(21)9-23-18)15(10-24-27)20-25-19(26-30-20)13-4-2-12(3-5-13)8-17(22)28/h2-7,9-10H,8,11H2,1H3,(H2,22,28). The third-order valence-corrected chi connectivity index (χ3v) is 4.37. The van der Waals surface area contributed by atoms with Crippen LogP contribution < -0.4 is 10.5 Å².